The van der Waals surface area contributed by atoms with Gasteiger partial charge in [-0.15, -0.1) is 0 Å². The Bertz CT molecular complexity index is 311. The molecule has 0 spiro atoms. The van der Waals surface area contributed by atoms with Crippen molar-refractivity contribution in [2.75, 3.05) is 13.2 Å². The molecule has 0 saturated heterocycles. The third-order valence-electron chi connectivity index (χ3n) is 3.85. The van der Waals surface area contributed by atoms with Crippen LogP contribution in [0.2, 0.25) is 0 Å². The molecule has 6 heteroatoms. The van der Waals surface area contributed by atoms with Crippen LogP contribution in [-0.2, 0) is 19.1 Å². The summed E-state index contributed by atoms with van der Waals surface area (Å²) in [5, 5.41) is 18.2. The van der Waals surface area contributed by atoms with Gasteiger partial charge in [0.05, 0.1) is 38.3 Å². The zero-order valence-corrected chi connectivity index (χ0v) is 13.5. The first kappa shape index (κ1) is 18.9. The molecule has 0 aromatic heterocycles. The lowest BCUT2D eigenvalue weighted by Gasteiger charge is -2.27. The quantitative estimate of drug-likeness (QED) is 0.658. The van der Waals surface area contributed by atoms with Gasteiger partial charge in [0.15, 0.2) is 0 Å². The average molecular weight is 316 g/mol. The SMILES string of the molecule is CC(O)CC(=O)OCC1CCC(COC(=O)CC(C)O)CC1. The van der Waals surface area contributed by atoms with Crippen molar-refractivity contribution < 1.29 is 29.3 Å². The predicted octanol–water partition coefficient (Wildman–Crippen LogP) is 1.42. The normalized spacial score (nSPS) is 24.4. The second kappa shape index (κ2) is 9.79. The van der Waals surface area contributed by atoms with Gasteiger partial charge in [0, 0.05) is 0 Å². The predicted molar refractivity (Wildman–Crippen MR) is 80.0 cm³/mol. The molecule has 0 aromatic carbocycles. The van der Waals surface area contributed by atoms with Gasteiger partial charge < -0.3 is 19.7 Å². The Morgan fingerprint density at radius 1 is 0.864 bits per heavy atom. The van der Waals surface area contributed by atoms with Crippen molar-refractivity contribution in [2.24, 2.45) is 11.8 Å². The fraction of sp³-hybridized carbons (Fsp3) is 0.875. The maximum Gasteiger partial charge on any atom is 0.308 e. The van der Waals surface area contributed by atoms with Crippen molar-refractivity contribution in [2.45, 2.75) is 64.6 Å². The standard InChI is InChI=1S/C16H28O6/c1-11(17)7-15(19)21-9-13-3-5-14(6-4-13)10-22-16(20)8-12(2)18/h11-14,17-18H,3-10H2,1-2H3. The maximum absolute atomic E-state index is 11.4. The van der Waals surface area contributed by atoms with Gasteiger partial charge in [-0.3, -0.25) is 9.59 Å². The molecule has 0 radical (unpaired) electrons. The number of hydrogen-bond donors (Lipinski definition) is 2. The van der Waals surface area contributed by atoms with Gasteiger partial charge >= 0.3 is 11.9 Å². The molecule has 0 aliphatic heterocycles. The zero-order valence-electron chi connectivity index (χ0n) is 13.5. The third kappa shape index (κ3) is 8.34. The topological polar surface area (TPSA) is 93.1 Å². The molecular formula is C16H28O6. The van der Waals surface area contributed by atoms with E-state index in [1.54, 1.807) is 13.8 Å². The van der Waals surface area contributed by atoms with Crippen LogP contribution in [0.5, 0.6) is 0 Å². The van der Waals surface area contributed by atoms with Crippen molar-refractivity contribution in [3.63, 3.8) is 0 Å². The van der Waals surface area contributed by atoms with E-state index in [1.807, 2.05) is 0 Å². The fourth-order valence-electron chi connectivity index (χ4n) is 2.59. The molecule has 2 atom stereocenters. The Morgan fingerprint density at radius 3 is 1.45 bits per heavy atom. The Balaban J connectivity index is 2.13. The van der Waals surface area contributed by atoms with Crippen molar-refractivity contribution in [3.8, 4) is 0 Å². The Labute approximate surface area is 131 Å². The van der Waals surface area contributed by atoms with Crippen LogP contribution >= 0.6 is 0 Å². The fourth-order valence-corrected chi connectivity index (χ4v) is 2.59. The van der Waals surface area contributed by atoms with Gasteiger partial charge in [0.2, 0.25) is 0 Å². The molecular weight excluding hydrogens is 288 g/mol. The van der Waals surface area contributed by atoms with E-state index in [0.717, 1.165) is 25.7 Å². The highest BCUT2D eigenvalue weighted by atomic mass is 16.5. The molecule has 128 valence electrons. The number of rotatable bonds is 8. The zero-order chi connectivity index (χ0) is 16.5. The Kier molecular flexibility index (Phi) is 8.42. The molecule has 1 rings (SSSR count). The van der Waals surface area contributed by atoms with Crippen LogP contribution in [0.25, 0.3) is 0 Å². The van der Waals surface area contributed by atoms with Gasteiger partial charge in [-0.25, -0.2) is 0 Å². The molecule has 22 heavy (non-hydrogen) atoms. The number of carbonyl (C=O) groups is 2. The van der Waals surface area contributed by atoms with E-state index >= 15 is 0 Å². The molecule has 0 heterocycles. The summed E-state index contributed by atoms with van der Waals surface area (Å²) in [5.74, 6) is -0.0157. The minimum atomic E-state index is -0.667. The lowest BCUT2D eigenvalue weighted by molar-refractivity contribution is -0.149. The van der Waals surface area contributed by atoms with Gasteiger partial charge in [-0.05, 0) is 51.4 Å². The first-order chi connectivity index (χ1) is 10.4. The average Bonchev–Trinajstić information content (AvgIpc) is 2.42. The molecule has 6 nitrogen and oxygen atoms in total. The second-order valence-electron chi connectivity index (χ2n) is 6.36. The number of hydrogen-bond acceptors (Lipinski definition) is 6. The molecule has 1 fully saturated rings. The van der Waals surface area contributed by atoms with Crippen LogP contribution in [0.4, 0.5) is 0 Å². The van der Waals surface area contributed by atoms with Gasteiger partial charge in [0.25, 0.3) is 0 Å². The van der Waals surface area contributed by atoms with Crippen LogP contribution in [0, 0.1) is 11.8 Å². The highest BCUT2D eigenvalue weighted by Gasteiger charge is 2.23. The lowest BCUT2D eigenvalue weighted by Crippen LogP contribution is -2.25. The van der Waals surface area contributed by atoms with Crippen LogP contribution in [0.15, 0.2) is 0 Å². The monoisotopic (exact) mass is 316 g/mol. The number of aliphatic hydroxyl groups is 2. The summed E-state index contributed by atoms with van der Waals surface area (Å²) in [6.07, 6.45) is 2.52. The molecule has 2 N–H and O–H groups in total. The number of esters is 2. The van der Waals surface area contributed by atoms with E-state index in [4.69, 9.17) is 19.7 Å². The summed E-state index contributed by atoms with van der Waals surface area (Å²) < 4.78 is 10.3. The molecule has 0 aromatic rings. The van der Waals surface area contributed by atoms with E-state index in [2.05, 4.69) is 0 Å². The molecule has 1 saturated carbocycles. The highest BCUT2D eigenvalue weighted by Crippen LogP contribution is 2.29. The summed E-state index contributed by atoms with van der Waals surface area (Å²) in [7, 11) is 0. The second-order valence-corrected chi connectivity index (χ2v) is 6.36. The highest BCUT2D eigenvalue weighted by molar-refractivity contribution is 5.70. The summed E-state index contributed by atoms with van der Waals surface area (Å²) >= 11 is 0. The van der Waals surface area contributed by atoms with Crippen LogP contribution in [0.3, 0.4) is 0 Å². The maximum atomic E-state index is 11.4. The van der Waals surface area contributed by atoms with Crippen LogP contribution in [-0.4, -0.2) is 47.6 Å². The van der Waals surface area contributed by atoms with E-state index in [9.17, 15) is 9.59 Å². The van der Waals surface area contributed by atoms with E-state index in [1.165, 1.54) is 0 Å². The van der Waals surface area contributed by atoms with Gasteiger partial charge in [-0.1, -0.05) is 0 Å². The summed E-state index contributed by atoms with van der Waals surface area (Å²) in [4.78, 5) is 22.7. The number of ether oxygens (including phenoxy) is 2. The van der Waals surface area contributed by atoms with Gasteiger partial charge in [0.1, 0.15) is 0 Å². The molecule has 1 aliphatic rings. The largest absolute Gasteiger partial charge is 0.465 e. The van der Waals surface area contributed by atoms with E-state index in [0.29, 0.717) is 25.0 Å². The van der Waals surface area contributed by atoms with Crippen molar-refractivity contribution in [3.05, 3.63) is 0 Å². The van der Waals surface area contributed by atoms with Crippen molar-refractivity contribution in [1.29, 1.82) is 0 Å². The van der Waals surface area contributed by atoms with Crippen molar-refractivity contribution >= 4 is 11.9 Å². The molecule has 0 amide bonds. The summed E-state index contributed by atoms with van der Waals surface area (Å²) in [6, 6.07) is 0. The lowest BCUT2D eigenvalue weighted by atomic mass is 9.83. The number of aliphatic hydroxyl groups excluding tert-OH is 2. The first-order valence-electron chi connectivity index (χ1n) is 8.04. The Hall–Kier alpha value is -1.14. The Morgan fingerprint density at radius 2 is 1.18 bits per heavy atom. The molecule has 2 unspecified atom stereocenters. The van der Waals surface area contributed by atoms with E-state index in [-0.39, 0.29) is 24.8 Å². The first-order valence-corrected chi connectivity index (χ1v) is 8.04. The van der Waals surface area contributed by atoms with Crippen LogP contribution in [0.1, 0.15) is 52.4 Å². The van der Waals surface area contributed by atoms with Crippen LogP contribution < -0.4 is 0 Å². The minimum absolute atomic E-state index is 0.0363. The summed E-state index contributed by atoms with van der Waals surface area (Å²) in [6.45, 7) is 3.93. The minimum Gasteiger partial charge on any atom is -0.465 e. The number of carbonyl (C=O) groups excluding carboxylic acids is 2. The third-order valence-corrected chi connectivity index (χ3v) is 3.85. The van der Waals surface area contributed by atoms with Gasteiger partial charge in [-0.2, -0.15) is 0 Å². The van der Waals surface area contributed by atoms with Crippen molar-refractivity contribution in [1.82, 2.24) is 0 Å². The van der Waals surface area contributed by atoms with E-state index < -0.39 is 12.2 Å². The molecule has 1 aliphatic carbocycles. The molecule has 0 bridgehead atoms. The smallest absolute Gasteiger partial charge is 0.308 e. The summed E-state index contributed by atoms with van der Waals surface area (Å²) in [5.41, 5.74) is 0.